The number of anilines is 5. The molecule has 0 saturated carbocycles. The summed E-state index contributed by atoms with van der Waals surface area (Å²) in [4.78, 5) is 4.72. The molecule has 224 valence electrons. The molecule has 46 heavy (non-hydrogen) atoms. The van der Waals surface area contributed by atoms with Gasteiger partial charge in [-0.05, 0) is 99.6 Å². The second kappa shape index (κ2) is 10.6. The Bertz CT molecular complexity index is 2060. The molecule has 0 bridgehead atoms. The van der Waals surface area contributed by atoms with Gasteiger partial charge in [-0.25, -0.2) is 0 Å². The maximum absolute atomic E-state index is 2.48. The maximum atomic E-state index is 2.48. The van der Waals surface area contributed by atoms with E-state index in [1.807, 2.05) is 0 Å². The van der Waals surface area contributed by atoms with Crippen LogP contribution in [-0.4, -0.2) is 0 Å². The van der Waals surface area contributed by atoms with Crippen LogP contribution in [0.15, 0.2) is 152 Å². The van der Waals surface area contributed by atoms with Crippen LogP contribution in [0.2, 0.25) is 0 Å². The van der Waals surface area contributed by atoms with E-state index in [9.17, 15) is 0 Å². The van der Waals surface area contributed by atoms with Gasteiger partial charge in [-0.1, -0.05) is 119 Å². The molecule has 2 nitrogen and oxygen atoms in total. The first kappa shape index (κ1) is 28.2. The van der Waals surface area contributed by atoms with Crippen molar-refractivity contribution in [3.05, 3.63) is 180 Å². The van der Waals surface area contributed by atoms with Gasteiger partial charge in [0.2, 0.25) is 0 Å². The Kier molecular flexibility index (Phi) is 6.51. The molecule has 1 aliphatic heterocycles. The average molecular weight is 595 g/mol. The predicted molar refractivity (Wildman–Crippen MR) is 195 cm³/mol. The molecular formula is C44H38N2. The third kappa shape index (κ3) is 4.40. The molecule has 0 N–H and O–H groups in total. The minimum absolute atomic E-state index is 0.0582. The molecule has 1 aliphatic carbocycles. The number of hydrogen-bond donors (Lipinski definition) is 0. The molecule has 0 radical (unpaired) electrons. The number of hydrogen-bond acceptors (Lipinski definition) is 2. The Hall–Kier alpha value is -5.34. The molecule has 6 aromatic rings. The summed E-state index contributed by atoms with van der Waals surface area (Å²) >= 11 is 0. The fourth-order valence-corrected chi connectivity index (χ4v) is 7.59. The lowest BCUT2D eigenvalue weighted by molar-refractivity contribution is 0.631. The summed E-state index contributed by atoms with van der Waals surface area (Å²) in [6.45, 7) is 9.43. The Balaban J connectivity index is 1.24. The number of para-hydroxylation sites is 3. The van der Waals surface area contributed by atoms with Gasteiger partial charge in [-0.15, -0.1) is 0 Å². The number of benzene rings is 6. The van der Waals surface area contributed by atoms with Crippen molar-refractivity contribution >= 4 is 34.5 Å². The molecule has 2 heteroatoms. The summed E-state index contributed by atoms with van der Waals surface area (Å²) in [7, 11) is 0. The van der Waals surface area contributed by atoms with Crippen LogP contribution in [0.25, 0.3) is 17.2 Å². The van der Waals surface area contributed by atoms with Crippen molar-refractivity contribution in [3.8, 4) is 11.1 Å². The zero-order valence-corrected chi connectivity index (χ0v) is 26.9. The standard InChI is InChI=1S/C44H38N2/c1-43(2)37-20-12-11-19-35(37)36-25-24-34(30-39(36)43)46-41-22-14-13-21-38(41)44(3,4)40-29-31(23-26-42(40)46)27-28-45(32-15-7-5-8-16-32)33-17-9-6-10-18-33/h5-30H,1-4H3/b28-27+. The summed E-state index contributed by atoms with van der Waals surface area (Å²) in [6.07, 6.45) is 4.42. The highest BCUT2D eigenvalue weighted by molar-refractivity contribution is 5.89. The Labute approximate surface area is 272 Å². The number of rotatable bonds is 5. The van der Waals surface area contributed by atoms with Crippen LogP contribution in [0.5, 0.6) is 0 Å². The molecule has 2 aliphatic rings. The normalized spacial score (nSPS) is 15.2. The Morgan fingerprint density at radius 3 is 1.76 bits per heavy atom. The van der Waals surface area contributed by atoms with Crippen molar-refractivity contribution in [2.45, 2.75) is 38.5 Å². The van der Waals surface area contributed by atoms with Crippen LogP contribution in [-0.2, 0) is 10.8 Å². The second-order valence-corrected chi connectivity index (χ2v) is 13.5. The van der Waals surface area contributed by atoms with E-state index in [2.05, 4.69) is 195 Å². The summed E-state index contributed by atoms with van der Waals surface area (Å²) in [5.74, 6) is 0. The molecule has 0 amide bonds. The summed E-state index contributed by atoms with van der Waals surface area (Å²) < 4.78 is 0. The van der Waals surface area contributed by atoms with E-state index in [0.29, 0.717) is 0 Å². The van der Waals surface area contributed by atoms with Gasteiger partial charge in [0, 0.05) is 34.1 Å². The second-order valence-electron chi connectivity index (χ2n) is 13.5. The zero-order chi connectivity index (χ0) is 31.5. The fraction of sp³-hybridized carbons (Fsp3) is 0.136. The minimum atomic E-state index is -0.170. The summed E-state index contributed by atoms with van der Waals surface area (Å²) in [6, 6.07) is 52.9. The third-order valence-electron chi connectivity index (χ3n) is 10.1. The van der Waals surface area contributed by atoms with E-state index in [1.165, 1.54) is 56.0 Å². The lowest BCUT2D eigenvalue weighted by Crippen LogP contribution is -2.30. The predicted octanol–water partition coefficient (Wildman–Crippen LogP) is 11.9. The average Bonchev–Trinajstić information content (AvgIpc) is 3.32. The van der Waals surface area contributed by atoms with Gasteiger partial charge in [0.25, 0.3) is 0 Å². The number of nitrogens with zero attached hydrogens (tertiary/aromatic N) is 2. The van der Waals surface area contributed by atoms with Gasteiger partial charge in [-0.2, -0.15) is 0 Å². The molecule has 0 unspecified atom stereocenters. The Morgan fingerprint density at radius 1 is 0.478 bits per heavy atom. The summed E-state index contributed by atoms with van der Waals surface area (Å²) in [5, 5.41) is 0. The van der Waals surface area contributed by atoms with Crippen LogP contribution >= 0.6 is 0 Å². The van der Waals surface area contributed by atoms with Gasteiger partial charge < -0.3 is 9.80 Å². The zero-order valence-electron chi connectivity index (χ0n) is 26.9. The van der Waals surface area contributed by atoms with Crippen LogP contribution in [0.4, 0.5) is 28.4 Å². The van der Waals surface area contributed by atoms with E-state index in [4.69, 9.17) is 0 Å². The largest absolute Gasteiger partial charge is 0.317 e. The third-order valence-corrected chi connectivity index (χ3v) is 10.1. The van der Waals surface area contributed by atoms with Crippen LogP contribution < -0.4 is 9.80 Å². The van der Waals surface area contributed by atoms with Crippen molar-refractivity contribution in [1.29, 1.82) is 0 Å². The van der Waals surface area contributed by atoms with E-state index < -0.39 is 0 Å². The topological polar surface area (TPSA) is 6.48 Å². The molecule has 1 heterocycles. The maximum Gasteiger partial charge on any atom is 0.0503 e. The highest BCUT2D eigenvalue weighted by atomic mass is 15.2. The van der Waals surface area contributed by atoms with E-state index in [-0.39, 0.29) is 10.8 Å². The van der Waals surface area contributed by atoms with Crippen molar-refractivity contribution in [2.24, 2.45) is 0 Å². The lowest BCUT2D eigenvalue weighted by atomic mass is 9.73. The van der Waals surface area contributed by atoms with Crippen LogP contribution in [0.1, 0.15) is 55.5 Å². The quantitative estimate of drug-likeness (QED) is 0.196. The van der Waals surface area contributed by atoms with Gasteiger partial charge in [0.1, 0.15) is 0 Å². The van der Waals surface area contributed by atoms with Crippen molar-refractivity contribution in [2.75, 3.05) is 9.80 Å². The van der Waals surface area contributed by atoms with E-state index >= 15 is 0 Å². The van der Waals surface area contributed by atoms with Gasteiger partial charge in [-0.3, -0.25) is 0 Å². The first-order valence-electron chi connectivity index (χ1n) is 16.2. The molecule has 0 atom stereocenters. The van der Waals surface area contributed by atoms with Crippen LogP contribution in [0.3, 0.4) is 0 Å². The molecule has 0 fully saturated rings. The number of fused-ring (bicyclic) bond motifs is 5. The van der Waals surface area contributed by atoms with Crippen molar-refractivity contribution in [1.82, 2.24) is 0 Å². The van der Waals surface area contributed by atoms with Gasteiger partial charge in [0.15, 0.2) is 0 Å². The van der Waals surface area contributed by atoms with Crippen LogP contribution in [0, 0.1) is 0 Å². The highest BCUT2D eigenvalue weighted by Gasteiger charge is 2.39. The van der Waals surface area contributed by atoms with E-state index in [1.54, 1.807) is 0 Å². The van der Waals surface area contributed by atoms with Crippen molar-refractivity contribution < 1.29 is 0 Å². The molecular weight excluding hydrogens is 556 g/mol. The van der Waals surface area contributed by atoms with Crippen molar-refractivity contribution in [3.63, 3.8) is 0 Å². The van der Waals surface area contributed by atoms with E-state index in [0.717, 1.165) is 11.4 Å². The monoisotopic (exact) mass is 594 g/mol. The summed E-state index contributed by atoms with van der Waals surface area (Å²) in [5.41, 5.74) is 15.0. The van der Waals surface area contributed by atoms with Gasteiger partial charge in [0.05, 0.1) is 11.4 Å². The first-order chi connectivity index (χ1) is 22.3. The molecule has 6 aromatic carbocycles. The molecule has 0 spiro atoms. The molecule has 8 rings (SSSR count). The fourth-order valence-electron chi connectivity index (χ4n) is 7.59. The SMILES string of the molecule is CC1(C)c2ccccc2-c2ccc(N3c4ccccc4C(C)(C)c4cc(/C=C/N(c5ccccc5)c5ccccc5)ccc43)cc21. The highest BCUT2D eigenvalue weighted by Crippen LogP contribution is 2.54. The minimum Gasteiger partial charge on any atom is -0.317 e. The molecule has 0 aromatic heterocycles. The lowest BCUT2D eigenvalue weighted by Gasteiger charge is -2.42. The Morgan fingerprint density at radius 2 is 1.04 bits per heavy atom. The molecule has 0 saturated heterocycles. The first-order valence-corrected chi connectivity index (χ1v) is 16.2. The van der Waals surface area contributed by atoms with Gasteiger partial charge >= 0.3 is 0 Å². The smallest absolute Gasteiger partial charge is 0.0503 e.